The molecule has 0 spiro atoms. The number of carbonyl (C=O) groups is 1. The molecule has 1 aliphatic heterocycles. The van der Waals surface area contributed by atoms with Crippen molar-refractivity contribution in [2.24, 2.45) is 11.7 Å². The Labute approximate surface area is 131 Å². The van der Waals surface area contributed by atoms with Gasteiger partial charge in [0.15, 0.2) is 11.5 Å². The van der Waals surface area contributed by atoms with Crippen LogP contribution in [0.3, 0.4) is 0 Å². The normalized spacial score (nSPS) is 15.5. The number of hydrogen-bond donors (Lipinski definition) is 1. The fraction of sp³-hybridized carbons (Fsp3) is 0.562. The highest BCUT2D eigenvalue weighted by Gasteiger charge is 2.24. The number of fused-ring (bicyclic) bond motifs is 1. The Morgan fingerprint density at radius 2 is 2.09 bits per heavy atom. The van der Waals surface area contributed by atoms with Gasteiger partial charge in [-0.25, -0.2) is 0 Å². The van der Waals surface area contributed by atoms with Crippen molar-refractivity contribution < 1.29 is 19.0 Å². The Morgan fingerprint density at radius 3 is 2.77 bits per heavy atom. The number of amides is 1. The van der Waals surface area contributed by atoms with Crippen LogP contribution in [0.25, 0.3) is 0 Å². The molecule has 1 heterocycles. The van der Waals surface area contributed by atoms with Gasteiger partial charge >= 0.3 is 0 Å². The van der Waals surface area contributed by atoms with Crippen LogP contribution in [0.15, 0.2) is 18.2 Å². The zero-order valence-electron chi connectivity index (χ0n) is 13.4. The van der Waals surface area contributed by atoms with Gasteiger partial charge in [0.2, 0.25) is 12.7 Å². The standard InChI is InChI=1S/C16H24N2O4/c1-11(12(2)17)16(19)18(6-7-20-3)9-13-4-5-14-15(8-13)22-10-21-14/h4-5,8,11-12H,6-7,9-10,17H2,1-3H3. The minimum Gasteiger partial charge on any atom is -0.454 e. The molecular weight excluding hydrogens is 284 g/mol. The first-order valence-electron chi connectivity index (χ1n) is 7.44. The molecule has 0 fully saturated rings. The van der Waals surface area contributed by atoms with Crippen LogP contribution >= 0.6 is 0 Å². The van der Waals surface area contributed by atoms with Gasteiger partial charge in [-0.1, -0.05) is 13.0 Å². The first-order chi connectivity index (χ1) is 10.5. The maximum atomic E-state index is 12.6. The van der Waals surface area contributed by atoms with E-state index >= 15 is 0 Å². The molecule has 1 aromatic rings. The fourth-order valence-electron chi connectivity index (χ4n) is 2.24. The SMILES string of the molecule is COCCN(Cc1ccc2c(c1)OCO2)C(=O)C(C)C(C)N. The number of methoxy groups -OCH3 is 1. The smallest absolute Gasteiger partial charge is 0.231 e. The number of benzene rings is 1. The molecule has 0 aromatic heterocycles. The molecule has 6 heteroatoms. The highest BCUT2D eigenvalue weighted by Crippen LogP contribution is 2.32. The minimum absolute atomic E-state index is 0.0321. The maximum Gasteiger partial charge on any atom is 0.231 e. The van der Waals surface area contributed by atoms with E-state index in [9.17, 15) is 4.79 Å². The third-order valence-corrected chi connectivity index (χ3v) is 3.87. The summed E-state index contributed by atoms with van der Waals surface area (Å²) in [5.74, 6) is 1.26. The van der Waals surface area contributed by atoms with E-state index in [4.69, 9.17) is 19.9 Å². The molecule has 2 atom stereocenters. The highest BCUT2D eigenvalue weighted by molar-refractivity contribution is 5.79. The Kier molecular flexibility index (Phi) is 5.63. The third-order valence-electron chi connectivity index (χ3n) is 3.87. The van der Waals surface area contributed by atoms with E-state index in [1.165, 1.54) is 0 Å². The summed E-state index contributed by atoms with van der Waals surface area (Å²) >= 11 is 0. The van der Waals surface area contributed by atoms with Gasteiger partial charge in [-0.2, -0.15) is 0 Å². The molecule has 1 amide bonds. The number of nitrogens with two attached hydrogens (primary N) is 1. The Balaban J connectivity index is 2.10. The summed E-state index contributed by atoms with van der Waals surface area (Å²) in [5.41, 5.74) is 6.85. The molecule has 2 N–H and O–H groups in total. The summed E-state index contributed by atoms with van der Waals surface area (Å²) in [4.78, 5) is 14.3. The van der Waals surface area contributed by atoms with Gasteiger partial charge in [0.1, 0.15) is 0 Å². The van der Waals surface area contributed by atoms with Gasteiger partial charge in [0.05, 0.1) is 12.5 Å². The van der Waals surface area contributed by atoms with Crippen LogP contribution < -0.4 is 15.2 Å². The van der Waals surface area contributed by atoms with Gasteiger partial charge in [-0.15, -0.1) is 0 Å². The topological polar surface area (TPSA) is 74.0 Å². The van der Waals surface area contributed by atoms with E-state index in [0.717, 1.165) is 17.1 Å². The van der Waals surface area contributed by atoms with E-state index in [1.54, 1.807) is 12.0 Å². The molecule has 1 aromatic carbocycles. The second kappa shape index (κ2) is 7.47. The Hall–Kier alpha value is -1.79. The molecule has 1 aliphatic rings. The minimum atomic E-state index is -0.231. The summed E-state index contributed by atoms with van der Waals surface area (Å²) < 4.78 is 15.8. The lowest BCUT2D eigenvalue weighted by Crippen LogP contribution is -2.42. The first kappa shape index (κ1) is 16.6. The van der Waals surface area contributed by atoms with Crippen LogP contribution in [-0.4, -0.2) is 43.9 Å². The predicted octanol–water partition coefficient (Wildman–Crippen LogP) is 1.37. The largest absolute Gasteiger partial charge is 0.454 e. The summed E-state index contributed by atoms with van der Waals surface area (Å²) in [6, 6.07) is 5.53. The molecule has 6 nitrogen and oxygen atoms in total. The van der Waals surface area contributed by atoms with Crippen molar-refractivity contribution in [3.05, 3.63) is 23.8 Å². The average molecular weight is 308 g/mol. The van der Waals surface area contributed by atoms with Crippen molar-refractivity contribution in [1.29, 1.82) is 0 Å². The van der Waals surface area contributed by atoms with Crippen molar-refractivity contribution in [3.8, 4) is 11.5 Å². The monoisotopic (exact) mass is 308 g/mol. The summed E-state index contributed by atoms with van der Waals surface area (Å²) in [6.45, 7) is 5.45. The number of hydrogen-bond acceptors (Lipinski definition) is 5. The second-order valence-corrected chi connectivity index (χ2v) is 5.59. The Morgan fingerprint density at radius 1 is 1.36 bits per heavy atom. The lowest BCUT2D eigenvalue weighted by molar-refractivity contribution is -0.136. The molecule has 2 rings (SSSR count). The number of ether oxygens (including phenoxy) is 3. The van der Waals surface area contributed by atoms with Gasteiger partial charge < -0.3 is 24.8 Å². The van der Waals surface area contributed by atoms with Crippen molar-refractivity contribution in [2.45, 2.75) is 26.4 Å². The number of nitrogens with zero attached hydrogens (tertiary/aromatic N) is 1. The van der Waals surface area contributed by atoms with Crippen LogP contribution in [0.4, 0.5) is 0 Å². The molecule has 122 valence electrons. The van der Waals surface area contributed by atoms with Crippen LogP contribution in [0, 0.1) is 5.92 Å². The van der Waals surface area contributed by atoms with Crippen LogP contribution in [0.2, 0.25) is 0 Å². The van der Waals surface area contributed by atoms with E-state index < -0.39 is 0 Å². The van der Waals surface area contributed by atoms with Crippen molar-refractivity contribution >= 4 is 5.91 Å². The van der Waals surface area contributed by atoms with Gasteiger partial charge in [0.25, 0.3) is 0 Å². The molecule has 0 radical (unpaired) electrons. The van der Waals surface area contributed by atoms with Crippen LogP contribution in [0.5, 0.6) is 11.5 Å². The molecular formula is C16H24N2O4. The van der Waals surface area contributed by atoms with Gasteiger partial charge in [-0.05, 0) is 24.6 Å². The van der Waals surface area contributed by atoms with Crippen molar-refractivity contribution in [1.82, 2.24) is 4.90 Å². The lowest BCUT2D eigenvalue weighted by Gasteiger charge is -2.27. The Bertz CT molecular complexity index is 519. The maximum absolute atomic E-state index is 12.6. The first-order valence-corrected chi connectivity index (χ1v) is 7.44. The van der Waals surface area contributed by atoms with E-state index in [0.29, 0.717) is 19.7 Å². The predicted molar refractivity (Wildman–Crippen MR) is 82.7 cm³/mol. The third kappa shape index (κ3) is 3.90. The van der Waals surface area contributed by atoms with Gasteiger partial charge in [0, 0.05) is 26.2 Å². The molecule has 0 saturated carbocycles. The van der Waals surface area contributed by atoms with Crippen LogP contribution in [-0.2, 0) is 16.1 Å². The summed E-state index contributed by atoms with van der Waals surface area (Å²) in [5, 5.41) is 0. The lowest BCUT2D eigenvalue weighted by atomic mass is 10.0. The molecule has 22 heavy (non-hydrogen) atoms. The van der Waals surface area contributed by atoms with E-state index in [-0.39, 0.29) is 24.7 Å². The number of carbonyl (C=O) groups excluding carboxylic acids is 1. The fourth-order valence-corrected chi connectivity index (χ4v) is 2.24. The summed E-state index contributed by atoms with van der Waals surface area (Å²) in [6.07, 6.45) is 0. The number of rotatable bonds is 7. The zero-order chi connectivity index (χ0) is 16.1. The quantitative estimate of drug-likeness (QED) is 0.823. The van der Waals surface area contributed by atoms with Crippen molar-refractivity contribution in [2.75, 3.05) is 27.1 Å². The van der Waals surface area contributed by atoms with E-state index in [2.05, 4.69) is 0 Å². The molecule has 2 unspecified atom stereocenters. The molecule has 0 aliphatic carbocycles. The van der Waals surface area contributed by atoms with E-state index in [1.807, 2.05) is 32.0 Å². The van der Waals surface area contributed by atoms with Gasteiger partial charge in [-0.3, -0.25) is 4.79 Å². The van der Waals surface area contributed by atoms with Crippen molar-refractivity contribution in [3.63, 3.8) is 0 Å². The second-order valence-electron chi connectivity index (χ2n) is 5.59. The zero-order valence-corrected chi connectivity index (χ0v) is 13.4. The molecule has 0 saturated heterocycles. The highest BCUT2D eigenvalue weighted by atomic mass is 16.7. The summed E-state index contributed by atoms with van der Waals surface area (Å²) in [7, 11) is 1.62. The average Bonchev–Trinajstić information content (AvgIpc) is 2.97. The van der Waals surface area contributed by atoms with Crippen LogP contribution in [0.1, 0.15) is 19.4 Å². The molecule has 0 bridgehead atoms.